The molecule has 4 heteroatoms. The van der Waals surface area contributed by atoms with E-state index in [4.69, 9.17) is 5.73 Å². The van der Waals surface area contributed by atoms with Crippen LogP contribution < -0.4 is 5.73 Å². The van der Waals surface area contributed by atoms with Crippen molar-refractivity contribution >= 4 is 0 Å². The molecule has 1 aliphatic heterocycles. The summed E-state index contributed by atoms with van der Waals surface area (Å²) >= 11 is 0. The Kier molecular flexibility index (Phi) is 3.56. The van der Waals surface area contributed by atoms with Gasteiger partial charge in [0.2, 0.25) is 0 Å². The van der Waals surface area contributed by atoms with Crippen molar-refractivity contribution in [2.24, 2.45) is 17.6 Å². The molecule has 1 aromatic heterocycles. The number of aliphatic hydroxyl groups excluding tert-OH is 1. The molecule has 2 fully saturated rings. The third-order valence-corrected chi connectivity index (χ3v) is 4.76. The lowest BCUT2D eigenvalue weighted by molar-refractivity contribution is 0.115. The van der Waals surface area contributed by atoms with Crippen LogP contribution in [-0.2, 0) is 0 Å². The summed E-state index contributed by atoms with van der Waals surface area (Å²) < 4.78 is 0. The number of nitrogens with zero attached hydrogens (tertiary/aromatic N) is 2. The smallest absolute Gasteiger partial charge is 0.0583 e. The molecule has 1 saturated carbocycles. The van der Waals surface area contributed by atoms with Crippen LogP contribution in [-0.4, -0.2) is 40.2 Å². The molecule has 1 saturated heterocycles. The monoisotopic (exact) mass is 261 g/mol. The van der Waals surface area contributed by atoms with E-state index >= 15 is 0 Å². The van der Waals surface area contributed by atoms with E-state index in [0.717, 1.165) is 25.9 Å². The molecular weight excluding hydrogens is 238 g/mol. The van der Waals surface area contributed by atoms with Crippen LogP contribution in [0.3, 0.4) is 0 Å². The summed E-state index contributed by atoms with van der Waals surface area (Å²) in [6.45, 7) is 4.08. The number of likely N-dealkylation sites (tertiary alicyclic amines) is 1. The van der Waals surface area contributed by atoms with Gasteiger partial charge < -0.3 is 10.8 Å². The van der Waals surface area contributed by atoms with Gasteiger partial charge in [-0.3, -0.25) is 9.88 Å². The molecule has 2 aliphatic rings. The number of nitrogens with two attached hydrogens (primary N) is 1. The fourth-order valence-corrected chi connectivity index (χ4v) is 3.90. The Labute approximate surface area is 114 Å². The maximum atomic E-state index is 10.0. The highest BCUT2D eigenvalue weighted by atomic mass is 16.3. The molecule has 1 aliphatic carbocycles. The van der Waals surface area contributed by atoms with Crippen LogP contribution in [0.25, 0.3) is 0 Å². The number of aromatic nitrogens is 1. The summed E-state index contributed by atoms with van der Waals surface area (Å²) in [5.74, 6) is 1.09. The zero-order valence-corrected chi connectivity index (χ0v) is 11.4. The largest absolute Gasteiger partial charge is 0.393 e. The molecule has 5 unspecified atom stereocenters. The first kappa shape index (κ1) is 13.0. The third kappa shape index (κ3) is 2.40. The summed E-state index contributed by atoms with van der Waals surface area (Å²) in [6.07, 6.45) is 5.72. The molecule has 104 valence electrons. The first-order valence-electron chi connectivity index (χ1n) is 7.24. The van der Waals surface area contributed by atoms with E-state index in [0.29, 0.717) is 11.8 Å². The number of pyridine rings is 1. The quantitative estimate of drug-likeness (QED) is 0.857. The van der Waals surface area contributed by atoms with Gasteiger partial charge in [-0.05, 0) is 37.3 Å². The molecule has 0 bridgehead atoms. The number of hydrogen-bond donors (Lipinski definition) is 2. The predicted molar refractivity (Wildman–Crippen MR) is 74.4 cm³/mol. The average molecular weight is 261 g/mol. The second kappa shape index (κ2) is 5.19. The third-order valence-electron chi connectivity index (χ3n) is 4.76. The lowest BCUT2D eigenvalue weighted by Crippen LogP contribution is -2.39. The van der Waals surface area contributed by atoms with Crippen LogP contribution in [0.1, 0.15) is 31.4 Å². The maximum absolute atomic E-state index is 10.0. The summed E-state index contributed by atoms with van der Waals surface area (Å²) in [4.78, 5) is 6.66. The first-order valence-corrected chi connectivity index (χ1v) is 7.24. The fraction of sp³-hybridized carbons (Fsp3) is 0.667. The molecule has 4 nitrogen and oxygen atoms in total. The molecule has 3 rings (SSSR count). The number of rotatable bonds is 3. The minimum Gasteiger partial charge on any atom is -0.393 e. The Morgan fingerprint density at radius 2 is 2.26 bits per heavy atom. The van der Waals surface area contributed by atoms with E-state index in [2.05, 4.69) is 22.9 Å². The molecule has 5 atom stereocenters. The number of aliphatic hydroxyl groups is 1. The highest BCUT2D eigenvalue weighted by Gasteiger charge is 2.44. The average Bonchev–Trinajstić information content (AvgIpc) is 2.94. The van der Waals surface area contributed by atoms with Crippen molar-refractivity contribution in [3.05, 3.63) is 30.1 Å². The molecule has 19 heavy (non-hydrogen) atoms. The van der Waals surface area contributed by atoms with Crippen LogP contribution in [0.2, 0.25) is 0 Å². The van der Waals surface area contributed by atoms with Gasteiger partial charge >= 0.3 is 0 Å². The van der Waals surface area contributed by atoms with Gasteiger partial charge in [-0.15, -0.1) is 0 Å². The molecule has 0 radical (unpaired) electrons. The van der Waals surface area contributed by atoms with Crippen LogP contribution in [0.15, 0.2) is 24.5 Å². The summed E-state index contributed by atoms with van der Waals surface area (Å²) in [7, 11) is 0. The lowest BCUT2D eigenvalue weighted by atomic mass is 9.99. The van der Waals surface area contributed by atoms with Gasteiger partial charge in [0.05, 0.1) is 12.1 Å². The van der Waals surface area contributed by atoms with E-state index in [9.17, 15) is 5.11 Å². The predicted octanol–water partition coefficient (Wildman–Crippen LogP) is 1.17. The second-order valence-electron chi connectivity index (χ2n) is 6.11. The topological polar surface area (TPSA) is 62.4 Å². The molecule has 0 aromatic carbocycles. The Morgan fingerprint density at radius 1 is 1.42 bits per heavy atom. The molecule has 1 aromatic rings. The number of fused-ring (bicyclic) bond motifs is 1. The van der Waals surface area contributed by atoms with Crippen molar-refractivity contribution in [2.75, 3.05) is 13.1 Å². The minimum absolute atomic E-state index is 0.0696. The van der Waals surface area contributed by atoms with Crippen molar-refractivity contribution in [2.45, 2.75) is 38.0 Å². The Hall–Kier alpha value is -0.970. The number of hydrogen-bond acceptors (Lipinski definition) is 4. The van der Waals surface area contributed by atoms with E-state index in [1.165, 1.54) is 5.56 Å². The molecular formula is C15H23N3O. The Bertz CT molecular complexity index is 423. The molecule has 0 amide bonds. The van der Waals surface area contributed by atoms with Gasteiger partial charge in [0, 0.05) is 37.4 Å². The highest BCUT2D eigenvalue weighted by Crippen LogP contribution is 2.41. The van der Waals surface area contributed by atoms with E-state index in [-0.39, 0.29) is 18.2 Å². The van der Waals surface area contributed by atoms with Gasteiger partial charge in [0.15, 0.2) is 0 Å². The van der Waals surface area contributed by atoms with Gasteiger partial charge in [0.1, 0.15) is 0 Å². The maximum Gasteiger partial charge on any atom is 0.0583 e. The summed E-state index contributed by atoms with van der Waals surface area (Å²) in [6, 6.07) is 4.36. The van der Waals surface area contributed by atoms with Gasteiger partial charge in [-0.25, -0.2) is 0 Å². The van der Waals surface area contributed by atoms with Gasteiger partial charge in [-0.2, -0.15) is 0 Å². The fourth-order valence-electron chi connectivity index (χ4n) is 3.90. The van der Waals surface area contributed by atoms with Crippen LogP contribution in [0.5, 0.6) is 0 Å². The zero-order valence-electron chi connectivity index (χ0n) is 11.4. The summed E-state index contributed by atoms with van der Waals surface area (Å²) in [5.41, 5.74) is 7.39. The minimum atomic E-state index is -0.113. The van der Waals surface area contributed by atoms with Gasteiger partial charge in [0.25, 0.3) is 0 Å². The normalized spacial score (nSPS) is 34.2. The SMILES string of the molecule is CC(N)C(c1cccnc1)N1CC2CCC(O)C2C1. The molecule has 3 N–H and O–H groups in total. The standard InChI is InChI=1S/C15H23N3O/c1-10(16)15(11-3-2-6-17-7-11)18-8-12-4-5-14(19)13(12)9-18/h2-3,6-7,10,12-15,19H,4-5,8-9,16H2,1H3. The van der Waals surface area contributed by atoms with Crippen molar-refractivity contribution in [3.63, 3.8) is 0 Å². The van der Waals surface area contributed by atoms with E-state index in [1.807, 2.05) is 12.3 Å². The highest BCUT2D eigenvalue weighted by molar-refractivity contribution is 5.17. The Morgan fingerprint density at radius 3 is 2.89 bits per heavy atom. The van der Waals surface area contributed by atoms with Crippen LogP contribution >= 0.6 is 0 Å². The zero-order chi connectivity index (χ0) is 13.4. The van der Waals surface area contributed by atoms with Crippen LogP contribution in [0, 0.1) is 11.8 Å². The molecule has 0 spiro atoms. The van der Waals surface area contributed by atoms with Crippen molar-refractivity contribution in [3.8, 4) is 0 Å². The van der Waals surface area contributed by atoms with Gasteiger partial charge in [-0.1, -0.05) is 6.07 Å². The van der Waals surface area contributed by atoms with E-state index < -0.39 is 0 Å². The Balaban J connectivity index is 1.79. The summed E-state index contributed by atoms with van der Waals surface area (Å²) in [5, 5.41) is 10.0. The first-order chi connectivity index (χ1) is 9.16. The van der Waals surface area contributed by atoms with E-state index in [1.54, 1.807) is 6.20 Å². The molecule has 2 heterocycles. The lowest BCUT2D eigenvalue weighted by Gasteiger charge is -2.32. The second-order valence-corrected chi connectivity index (χ2v) is 6.11. The van der Waals surface area contributed by atoms with Crippen molar-refractivity contribution < 1.29 is 5.11 Å². The van der Waals surface area contributed by atoms with Crippen LogP contribution in [0.4, 0.5) is 0 Å². The van der Waals surface area contributed by atoms with Crippen molar-refractivity contribution in [1.29, 1.82) is 0 Å². The van der Waals surface area contributed by atoms with Crippen molar-refractivity contribution in [1.82, 2.24) is 9.88 Å².